The summed E-state index contributed by atoms with van der Waals surface area (Å²) >= 11 is 0. The predicted molar refractivity (Wildman–Crippen MR) is 308 cm³/mol. The number of benzene rings is 11. The molecule has 7 heteroatoms. The summed E-state index contributed by atoms with van der Waals surface area (Å²) in [6.45, 7) is 0. The minimum absolute atomic E-state index is 0.362. The van der Waals surface area contributed by atoms with Crippen molar-refractivity contribution >= 4 is 104 Å². The zero-order chi connectivity index (χ0) is 49.7. The number of nitrogens with zero attached hydrogens (tertiary/aromatic N) is 7. The van der Waals surface area contributed by atoms with E-state index in [2.05, 4.69) is 229 Å². The van der Waals surface area contributed by atoms with Crippen LogP contribution >= 0.6 is 0 Å². The van der Waals surface area contributed by atoms with Crippen LogP contribution in [0.5, 0.6) is 0 Å². The molecule has 0 bridgehead atoms. The van der Waals surface area contributed by atoms with E-state index in [-0.39, 0.29) is 0 Å². The third kappa shape index (κ3) is 6.13. The molecule has 0 radical (unpaired) electrons. The standard InChI is InChI=1S/C68H41N7/c69-42-56-66(71(44-19-3-1-4-20-44)45-21-5-2-6-22-45)41-67(74-62-33-17-11-27-52(62)53-28-12-18-34-63(53)74)57(43-70)68(56)75-64-37-35-46(72-58-29-13-7-23-48(58)49-24-8-14-30-59(49)72)39-54(64)55-40-47(36-38-65(55)75)73-60-31-15-9-25-50(60)51-26-10-16-32-61(51)73/h1-41H. The van der Waals surface area contributed by atoms with Crippen LogP contribution in [0.25, 0.3) is 110 Å². The highest BCUT2D eigenvalue weighted by atomic mass is 15.2. The van der Waals surface area contributed by atoms with E-state index in [1.165, 1.54) is 21.5 Å². The smallest absolute Gasteiger partial charge is 0.104 e. The van der Waals surface area contributed by atoms with Crippen molar-refractivity contribution < 1.29 is 0 Å². The third-order valence-corrected chi connectivity index (χ3v) is 15.2. The molecule has 7 nitrogen and oxygen atoms in total. The Morgan fingerprint density at radius 1 is 0.280 bits per heavy atom. The Labute approximate surface area is 430 Å². The number of hydrogen-bond donors (Lipinski definition) is 0. The molecule has 15 rings (SSSR count). The Morgan fingerprint density at radius 2 is 0.600 bits per heavy atom. The molecule has 0 atom stereocenters. The minimum atomic E-state index is 0.362. The van der Waals surface area contributed by atoms with E-state index in [1.807, 2.05) is 54.6 Å². The topological polar surface area (TPSA) is 70.5 Å². The molecule has 4 aromatic heterocycles. The lowest BCUT2D eigenvalue weighted by molar-refractivity contribution is 1.10. The maximum Gasteiger partial charge on any atom is 0.104 e. The fourth-order valence-electron chi connectivity index (χ4n) is 12.1. The first-order valence-electron chi connectivity index (χ1n) is 25.1. The molecule has 0 unspecified atom stereocenters. The Hall–Kier alpha value is -10.6. The lowest BCUT2D eigenvalue weighted by Crippen LogP contribution is -2.16. The largest absolute Gasteiger partial charge is 0.309 e. The molecule has 0 aliphatic heterocycles. The van der Waals surface area contributed by atoms with E-state index in [4.69, 9.17) is 0 Å². The van der Waals surface area contributed by atoms with Crippen LogP contribution in [0, 0.1) is 22.7 Å². The van der Waals surface area contributed by atoms with Crippen molar-refractivity contribution in [2.45, 2.75) is 0 Å². The van der Waals surface area contributed by atoms with Crippen molar-refractivity contribution in [2.75, 3.05) is 4.90 Å². The molecule has 4 heterocycles. The van der Waals surface area contributed by atoms with Crippen molar-refractivity contribution in [3.05, 3.63) is 260 Å². The number of para-hydroxylation sites is 8. The van der Waals surface area contributed by atoms with Gasteiger partial charge in [-0.05, 0) is 103 Å². The fraction of sp³-hybridized carbons (Fsp3) is 0. The van der Waals surface area contributed by atoms with Crippen LogP contribution in [0.1, 0.15) is 11.1 Å². The molecular weight excluding hydrogens is 915 g/mol. The Morgan fingerprint density at radius 3 is 0.960 bits per heavy atom. The maximum atomic E-state index is 12.0. The second-order valence-electron chi connectivity index (χ2n) is 19.1. The summed E-state index contributed by atoms with van der Waals surface area (Å²) in [5, 5.41) is 32.8. The summed E-state index contributed by atoms with van der Waals surface area (Å²) in [5.41, 5.74) is 14.3. The van der Waals surface area contributed by atoms with Gasteiger partial charge in [0, 0.05) is 65.8 Å². The SMILES string of the molecule is N#Cc1c(N(c2ccccc2)c2ccccc2)cc(-n2c3ccccc3c3ccccc32)c(C#N)c1-n1c2ccc(-n3c4ccccc4c4ccccc43)cc2c2cc(-n3c4ccccc4c4ccccc43)ccc21. The quantitative estimate of drug-likeness (QED) is 0.160. The van der Waals surface area contributed by atoms with Crippen LogP contribution in [0.15, 0.2) is 249 Å². The Bertz CT molecular complexity index is 4550. The average Bonchev–Trinajstić information content (AvgIpc) is 4.24. The highest BCUT2D eigenvalue weighted by Gasteiger charge is 2.30. The first-order chi connectivity index (χ1) is 37.2. The van der Waals surface area contributed by atoms with Gasteiger partial charge in [-0.1, -0.05) is 146 Å². The second kappa shape index (κ2) is 16.5. The Balaban J connectivity index is 1.11. The molecule has 0 saturated heterocycles. The monoisotopic (exact) mass is 955 g/mol. The van der Waals surface area contributed by atoms with E-state index in [0.29, 0.717) is 28.2 Å². The van der Waals surface area contributed by atoms with Crippen LogP contribution in [0.4, 0.5) is 17.1 Å². The number of hydrogen-bond acceptors (Lipinski definition) is 3. The van der Waals surface area contributed by atoms with Crippen LogP contribution in [-0.2, 0) is 0 Å². The van der Waals surface area contributed by atoms with Crippen molar-refractivity contribution in [3.63, 3.8) is 0 Å². The molecule has 0 N–H and O–H groups in total. The van der Waals surface area contributed by atoms with E-state index in [9.17, 15) is 10.5 Å². The van der Waals surface area contributed by atoms with Gasteiger partial charge >= 0.3 is 0 Å². The van der Waals surface area contributed by atoms with E-state index < -0.39 is 0 Å². The zero-order valence-electron chi connectivity index (χ0n) is 40.3. The minimum Gasteiger partial charge on any atom is -0.309 e. The van der Waals surface area contributed by atoms with Crippen LogP contribution < -0.4 is 4.90 Å². The molecule has 0 spiro atoms. The van der Waals surface area contributed by atoms with Crippen molar-refractivity contribution in [3.8, 4) is 34.9 Å². The van der Waals surface area contributed by atoms with E-state index >= 15 is 0 Å². The van der Waals surface area contributed by atoms with Gasteiger partial charge in [0.05, 0.1) is 61.2 Å². The van der Waals surface area contributed by atoms with Gasteiger partial charge in [0.2, 0.25) is 0 Å². The molecule has 0 saturated carbocycles. The third-order valence-electron chi connectivity index (χ3n) is 15.2. The van der Waals surface area contributed by atoms with Gasteiger partial charge in [-0.25, -0.2) is 0 Å². The first-order valence-corrected chi connectivity index (χ1v) is 25.1. The molecule has 0 amide bonds. The zero-order valence-corrected chi connectivity index (χ0v) is 40.3. The van der Waals surface area contributed by atoms with Crippen LogP contribution in [-0.4, -0.2) is 18.3 Å². The molecule has 348 valence electrons. The second-order valence-corrected chi connectivity index (χ2v) is 19.1. The molecule has 0 fully saturated rings. The predicted octanol–water partition coefficient (Wildman–Crippen LogP) is 17.3. The fourth-order valence-corrected chi connectivity index (χ4v) is 12.1. The summed E-state index contributed by atoms with van der Waals surface area (Å²) in [7, 11) is 0. The molecular formula is C68H41N7. The lowest BCUT2D eigenvalue weighted by Gasteiger charge is -2.29. The van der Waals surface area contributed by atoms with Gasteiger partial charge in [-0.15, -0.1) is 0 Å². The van der Waals surface area contributed by atoms with Gasteiger partial charge in [0.1, 0.15) is 23.3 Å². The van der Waals surface area contributed by atoms with Gasteiger partial charge in [0.15, 0.2) is 0 Å². The van der Waals surface area contributed by atoms with Gasteiger partial charge < -0.3 is 23.2 Å². The highest BCUT2D eigenvalue weighted by molar-refractivity contribution is 6.15. The van der Waals surface area contributed by atoms with Gasteiger partial charge in [-0.3, -0.25) is 0 Å². The van der Waals surface area contributed by atoms with E-state index in [1.54, 1.807) is 0 Å². The number of aromatic nitrogens is 4. The Kier molecular flexibility index (Phi) is 9.25. The molecule has 11 aromatic carbocycles. The summed E-state index contributed by atoms with van der Waals surface area (Å²) < 4.78 is 9.09. The normalized spacial score (nSPS) is 11.7. The van der Waals surface area contributed by atoms with Crippen LogP contribution in [0.3, 0.4) is 0 Å². The molecule has 15 aromatic rings. The molecule has 0 aliphatic rings. The average molecular weight is 956 g/mol. The van der Waals surface area contributed by atoms with Crippen LogP contribution in [0.2, 0.25) is 0 Å². The number of anilines is 3. The van der Waals surface area contributed by atoms with Crippen molar-refractivity contribution in [2.24, 2.45) is 0 Å². The number of rotatable bonds is 7. The number of fused-ring (bicyclic) bond motifs is 12. The maximum absolute atomic E-state index is 12.0. The summed E-state index contributed by atoms with van der Waals surface area (Å²) in [6, 6.07) is 92.3. The highest BCUT2D eigenvalue weighted by Crippen LogP contribution is 2.47. The first kappa shape index (κ1) is 42.1. The summed E-state index contributed by atoms with van der Waals surface area (Å²) in [4.78, 5) is 2.15. The van der Waals surface area contributed by atoms with Crippen molar-refractivity contribution in [1.29, 1.82) is 10.5 Å². The molecule has 75 heavy (non-hydrogen) atoms. The van der Waals surface area contributed by atoms with Gasteiger partial charge in [0.25, 0.3) is 0 Å². The lowest BCUT2D eigenvalue weighted by atomic mass is 10.0. The number of nitriles is 2. The van der Waals surface area contributed by atoms with Crippen molar-refractivity contribution in [1.82, 2.24) is 18.3 Å². The van der Waals surface area contributed by atoms with E-state index in [0.717, 1.165) is 88.4 Å². The van der Waals surface area contributed by atoms with Gasteiger partial charge in [-0.2, -0.15) is 10.5 Å². The summed E-state index contributed by atoms with van der Waals surface area (Å²) in [6.07, 6.45) is 0. The summed E-state index contributed by atoms with van der Waals surface area (Å²) in [5.74, 6) is 0. The molecule has 0 aliphatic carbocycles.